The lowest BCUT2D eigenvalue weighted by Crippen LogP contribution is -2.24. The molecule has 1 atom stereocenters. The van der Waals surface area contributed by atoms with Crippen molar-refractivity contribution in [2.24, 2.45) is 5.73 Å². The number of hydrogen-bond donors (Lipinski definition) is 2. The number of carbonyl (C=O) groups excluding carboxylic acids is 1. The first-order chi connectivity index (χ1) is 8.56. The molecule has 1 unspecified atom stereocenters. The Morgan fingerprint density at radius 3 is 2.78 bits per heavy atom. The molecule has 18 heavy (non-hydrogen) atoms. The molecule has 0 radical (unpaired) electrons. The maximum atomic E-state index is 11.9. The van der Waals surface area contributed by atoms with Crippen LogP contribution in [0, 0.1) is 0 Å². The Morgan fingerprint density at radius 1 is 1.44 bits per heavy atom. The normalized spacial score (nSPS) is 11.9. The molecule has 100 valence electrons. The number of nitrogen functional groups attached to an aromatic ring is 1. The van der Waals surface area contributed by atoms with E-state index in [0.29, 0.717) is 18.0 Å². The summed E-state index contributed by atoms with van der Waals surface area (Å²) in [5, 5.41) is 0. The summed E-state index contributed by atoms with van der Waals surface area (Å²) in [7, 11) is 0. The zero-order chi connectivity index (χ0) is 13.5. The van der Waals surface area contributed by atoms with E-state index in [-0.39, 0.29) is 5.56 Å². The van der Waals surface area contributed by atoms with Gasteiger partial charge in [-0.2, -0.15) is 0 Å². The van der Waals surface area contributed by atoms with Crippen LogP contribution in [-0.4, -0.2) is 18.8 Å². The van der Waals surface area contributed by atoms with E-state index in [1.807, 2.05) is 6.92 Å². The van der Waals surface area contributed by atoms with Gasteiger partial charge in [0.1, 0.15) is 17.5 Å². The highest BCUT2D eigenvalue weighted by Gasteiger charge is 2.18. The largest absolute Gasteiger partial charge is 0.475 e. The molecule has 5 nitrogen and oxygen atoms in total. The number of rotatable bonds is 6. The van der Waals surface area contributed by atoms with E-state index < -0.39 is 12.2 Å². The Bertz CT molecular complexity index is 405. The average molecular weight is 252 g/mol. The van der Waals surface area contributed by atoms with E-state index in [4.69, 9.17) is 20.9 Å². The van der Waals surface area contributed by atoms with Crippen molar-refractivity contribution in [2.75, 3.05) is 12.3 Å². The summed E-state index contributed by atoms with van der Waals surface area (Å²) < 4.78 is 10.5. The summed E-state index contributed by atoms with van der Waals surface area (Å²) in [5.74, 6) is -0.122. The third-order valence-electron chi connectivity index (χ3n) is 2.31. The highest BCUT2D eigenvalue weighted by atomic mass is 16.5. The van der Waals surface area contributed by atoms with Gasteiger partial charge in [-0.1, -0.05) is 19.4 Å². The summed E-state index contributed by atoms with van der Waals surface area (Å²) in [4.78, 5) is 11.9. The molecule has 0 aliphatic heterocycles. The number of unbranched alkanes of at least 4 members (excludes halogenated alkanes) is 1. The molecular formula is C13H20N2O3. The second-order valence-corrected chi connectivity index (χ2v) is 4.03. The Labute approximate surface area is 107 Å². The van der Waals surface area contributed by atoms with Gasteiger partial charge in [0.2, 0.25) is 0 Å². The zero-order valence-corrected chi connectivity index (χ0v) is 10.8. The average Bonchev–Trinajstić information content (AvgIpc) is 2.28. The summed E-state index contributed by atoms with van der Waals surface area (Å²) >= 11 is 0. The van der Waals surface area contributed by atoms with Crippen molar-refractivity contribution in [1.82, 2.24) is 0 Å². The van der Waals surface area contributed by atoms with E-state index in [0.717, 1.165) is 12.8 Å². The summed E-state index contributed by atoms with van der Waals surface area (Å²) in [5.41, 5.74) is 11.9. The molecule has 0 spiro atoms. The predicted octanol–water partition coefficient (Wildman–Crippen LogP) is 1.91. The molecule has 0 saturated carbocycles. The van der Waals surface area contributed by atoms with Crippen LogP contribution in [0.15, 0.2) is 18.2 Å². The minimum absolute atomic E-state index is 0.242. The van der Waals surface area contributed by atoms with Gasteiger partial charge in [0.05, 0.1) is 6.61 Å². The third-order valence-corrected chi connectivity index (χ3v) is 2.31. The molecule has 0 fully saturated rings. The Hall–Kier alpha value is -1.75. The van der Waals surface area contributed by atoms with Crippen LogP contribution in [0.1, 0.15) is 37.0 Å². The van der Waals surface area contributed by atoms with Crippen LogP contribution in [0.5, 0.6) is 5.75 Å². The monoisotopic (exact) mass is 252 g/mol. The highest BCUT2D eigenvalue weighted by molar-refractivity contribution is 5.98. The number of benzene rings is 1. The van der Waals surface area contributed by atoms with Gasteiger partial charge < -0.3 is 15.2 Å². The lowest BCUT2D eigenvalue weighted by molar-refractivity contribution is 0.0494. The standard InChI is InChI=1S/C13H20N2O3/c1-3-4-8-17-13(16)12-10(15)6-5-7-11(12)18-9(2)14/h5-7,9H,3-4,8,14-15H2,1-2H3. The fraction of sp³-hybridized carbons (Fsp3) is 0.462. The molecule has 0 heterocycles. The van der Waals surface area contributed by atoms with Crippen molar-refractivity contribution in [3.8, 4) is 5.75 Å². The first kappa shape index (κ1) is 14.3. The van der Waals surface area contributed by atoms with Gasteiger partial charge in [-0.25, -0.2) is 4.79 Å². The number of hydrogen-bond acceptors (Lipinski definition) is 5. The first-order valence-corrected chi connectivity index (χ1v) is 6.04. The van der Waals surface area contributed by atoms with Crippen molar-refractivity contribution in [3.05, 3.63) is 23.8 Å². The Balaban J connectivity index is 2.87. The first-order valence-electron chi connectivity index (χ1n) is 6.04. The van der Waals surface area contributed by atoms with Crippen LogP contribution in [0.25, 0.3) is 0 Å². The molecule has 0 saturated heterocycles. The van der Waals surface area contributed by atoms with Gasteiger partial charge in [-0.15, -0.1) is 0 Å². The summed E-state index contributed by atoms with van der Waals surface area (Å²) in [6.07, 6.45) is 1.26. The van der Waals surface area contributed by atoms with E-state index in [9.17, 15) is 4.79 Å². The van der Waals surface area contributed by atoms with Crippen LogP contribution < -0.4 is 16.2 Å². The van der Waals surface area contributed by atoms with Gasteiger partial charge >= 0.3 is 5.97 Å². The minimum atomic E-state index is -0.519. The van der Waals surface area contributed by atoms with Crippen LogP contribution in [0.3, 0.4) is 0 Å². The molecule has 0 bridgehead atoms. The molecule has 1 aromatic carbocycles. The molecule has 0 aliphatic rings. The number of esters is 1. The van der Waals surface area contributed by atoms with Gasteiger partial charge in [0.15, 0.2) is 0 Å². The van der Waals surface area contributed by atoms with Crippen LogP contribution in [0.4, 0.5) is 5.69 Å². The quantitative estimate of drug-likeness (QED) is 0.349. The number of carbonyl (C=O) groups is 1. The van der Waals surface area contributed by atoms with Crippen LogP contribution >= 0.6 is 0 Å². The molecule has 1 aromatic rings. The molecule has 4 N–H and O–H groups in total. The molecule has 5 heteroatoms. The highest BCUT2D eigenvalue weighted by Crippen LogP contribution is 2.25. The second-order valence-electron chi connectivity index (χ2n) is 4.03. The van der Waals surface area contributed by atoms with E-state index in [2.05, 4.69) is 0 Å². The van der Waals surface area contributed by atoms with Crippen molar-refractivity contribution >= 4 is 11.7 Å². The summed E-state index contributed by atoms with van der Waals surface area (Å²) in [6, 6.07) is 4.98. The third kappa shape index (κ3) is 3.92. The summed E-state index contributed by atoms with van der Waals surface area (Å²) in [6.45, 7) is 4.08. The van der Waals surface area contributed by atoms with E-state index in [1.54, 1.807) is 25.1 Å². The van der Waals surface area contributed by atoms with Crippen LogP contribution in [0.2, 0.25) is 0 Å². The molecule has 1 rings (SSSR count). The van der Waals surface area contributed by atoms with Gasteiger partial charge in [0, 0.05) is 5.69 Å². The van der Waals surface area contributed by atoms with Crippen LogP contribution in [-0.2, 0) is 4.74 Å². The maximum absolute atomic E-state index is 11.9. The molecular weight excluding hydrogens is 232 g/mol. The van der Waals surface area contributed by atoms with Gasteiger partial charge in [0.25, 0.3) is 0 Å². The topological polar surface area (TPSA) is 87.6 Å². The second kappa shape index (κ2) is 6.86. The fourth-order valence-electron chi connectivity index (χ4n) is 1.45. The van der Waals surface area contributed by atoms with Crippen molar-refractivity contribution in [2.45, 2.75) is 32.9 Å². The Kier molecular flexibility index (Phi) is 5.45. The SMILES string of the molecule is CCCCOC(=O)c1c(N)cccc1OC(C)N. The van der Waals surface area contributed by atoms with E-state index >= 15 is 0 Å². The zero-order valence-electron chi connectivity index (χ0n) is 10.8. The lowest BCUT2D eigenvalue weighted by atomic mass is 10.1. The minimum Gasteiger partial charge on any atom is -0.475 e. The van der Waals surface area contributed by atoms with Crippen molar-refractivity contribution in [3.63, 3.8) is 0 Å². The van der Waals surface area contributed by atoms with Crippen molar-refractivity contribution in [1.29, 1.82) is 0 Å². The number of anilines is 1. The molecule has 0 amide bonds. The number of ether oxygens (including phenoxy) is 2. The number of nitrogens with two attached hydrogens (primary N) is 2. The van der Waals surface area contributed by atoms with E-state index in [1.165, 1.54) is 0 Å². The van der Waals surface area contributed by atoms with Gasteiger partial charge in [-0.05, 0) is 25.5 Å². The molecule has 0 aromatic heterocycles. The lowest BCUT2D eigenvalue weighted by Gasteiger charge is -2.15. The fourth-order valence-corrected chi connectivity index (χ4v) is 1.45. The maximum Gasteiger partial charge on any atom is 0.344 e. The van der Waals surface area contributed by atoms with Crippen molar-refractivity contribution < 1.29 is 14.3 Å². The molecule has 0 aliphatic carbocycles. The smallest absolute Gasteiger partial charge is 0.344 e. The van der Waals surface area contributed by atoms with Gasteiger partial charge in [-0.3, -0.25) is 5.73 Å². The predicted molar refractivity (Wildman–Crippen MR) is 70.3 cm³/mol. The Morgan fingerprint density at radius 2 is 2.17 bits per heavy atom.